The molecule has 1 saturated heterocycles. The molecule has 2 rings (SSSR count). The van der Waals surface area contributed by atoms with E-state index in [0.717, 1.165) is 25.9 Å². The highest BCUT2D eigenvalue weighted by atomic mass is 35.5. The maximum atomic E-state index is 12.6. The highest BCUT2D eigenvalue weighted by molar-refractivity contribution is 6.32. The summed E-state index contributed by atoms with van der Waals surface area (Å²) in [5, 5.41) is 6.83. The highest BCUT2D eigenvalue weighted by Crippen LogP contribution is 2.36. The van der Waals surface area contributed by atoms with Gasteiger partial charge in [-0.15, -0.1) is 0 Å². The summed E-state index contributed by atoms with van der Waals surface area (Å²) in [6.45, 7) is 8.80. The zero-order chi connectivity index (χ0) is 18.4. The number of rotatable bonds is 7. The Balaban J connectivity index is 2.10. The quantitative estimate of drug-likeness (QED) is 0.773. The van der Waals surface area contributed by atoms with Crippen LogP contribution < -0.4 is 20.1 Å². The largest absolute Gasteiger partial charge is 0.493 e. The van der Waals surface area contributed by atoms with Crippen LogP contribution in [0.15, 0.2) is 12.1 Å². The maximum absolute atomic E-state index is 12.6. The molecule has 140 valence electrons. The van der Waals surface area contributed by atoms with Crippen LogP contribution in [0.1, 0.15) is 44.0 Å². The number of piperidine rings is 1. The zero-order valence-electron chi connectivity index (χ0n) is 15.5. The van der Waals surface area contributed by atoms with Gasteiger partial charge in [0.05, 0.1) is 18.7 Å². The molecule has 0 aliphatic carbocycles. The number of hydrogen-bond donors (Lipinski definition) is 2. The molecule has 0 saturated carbocycles. The summed E-state index contributed by atoms with van der Waals surface area (Å²) in [6, 6.07) is 3.51. The summed E-state index contributed by atoms with van der Waals surface area (Å²) >= 11 is 6.35. The average molecular weight is 369 g/mol. The van der Waals surface area contributed by atoms with Crippen LogP contribution in [0.3, 0.4) is 0 Å². The smallest absolute Gasteiger partial charge is 0.251 e. The Morgan fingerprint density at radius 3 is 2.84 bits per heavy atom. The second kappa shape index (κ2) is 9.30. The van der Waals surface area contributed by atoms with Crippen molar-refractivity contribution in [2.45, 2.75) is 39.7 Å². The number of ether oxygens (including phenoxy) is 2. The highest BCUT2D eigenvalue weighted by Gasteiger charge is 2.24. The molecule has 1 fully saturated rings. The fourth-order valence-corrected chi connectivity index (χ4v) is 3.13. The van der Waals surface area contributed by atoms with E-state index in [-0.39, 0.29) is 11.9 Å². The first-order valence-electron chi connectivity index (χ1n) is 8.94. The monoisotopic (exact) mass is 368 g/mol. The summed E-state index contributed by atoms with van der Waals surface area (Å²) in [7, 11) is 1.55. The number of hydrogen-bond acceptors (Lipinski definition) is 4. The molecule has 2 N–H and O–H groups in total. The van der Waals surface area contributed by atoms with E-state index >= 15 is 0 Å². The van der Waals surface area contributed by atoms with Crippen LogP contribution in [0.2, 0.25) is 5.02 Å². The van der Waals surface area contributed by atoms with Gasteiger partial charge in [-0.3, -0.25) is 4.79 Å². The Bertz CT molecular complexity index is 592. The van der Waals surface area contributed by atoms with E-state index < -0.39 is 0 Å². The maximum Gasteiger partial charge on any atom is 0.251 e. The van der Waals surface area contributed by atoms with Gasteiger partial charge in [0.15, 0.2) is 11.5 Å². The number of amides is 1. The van der Waals surface area contributed by atoms with Gasteiger partial charge >= 0.3 is 0 Å². The number of carbonyl (C=O) groups excluding carboxylic acids is 1. The van der Waals surface area contributed by atoms with Crippen molar-refractivity contribution in [2.75, 3.05) is 26.8 Å². The first-order valence-corrected chi connectivity index (χ1v) is 9.32. The third kappa shape index (κ3) is 5.51. The molecule has 0 bridgehead atoms. The van der Waals surface area contributed by atoms with Gasteiger partial charge in [0.1, 0.15) is 0 Å². The van der Waals surface area contributed by atoms with Crippen molar-refractivity contribution in [3.63, 3.8) is 0 Å². The van der Waals surface area contributed by atoms with Crippen molar-refractivity contribution in [1.29, 1.82) is 0 Å². The van der Waals surface area contributed by atoms with Gasteiger partial charge in [-0.2, -0.15) is 0 Å². The van der Waals surface area contributed by atoms with Gasteiger partial charge in [0.25, 0.3) is 5.91 Å². The van der Waals surface area contributed by atoms with Gasteiger partial charge < -0.3 is 20.1 Å². The molecule has 6 heteroatoms. The number of benzene rings is 1. The lowest BCUT2D eigenvalue weighted by molar-refractivity contribution is 0.0914. The van der Waals surface area contributed by atoms with Crippen LogP contribution in [-0.4, -0.2) is 38.8 Å². The van der Waals surface area contributed by atoms with E-state index in [4.69, 9.17) is 21.1 Å². The molecule has 25 heavy (non-hydrogen) atoms. The van der Waals surface area contributed by atoms with Crippen LogP contribution in [0, 0.1) is 11.8 Å². The minimum absolute atomic E-state index is 0.132. The lowest BCUT2D eigenvalue weighted by atomic mass is 9.95. The normalized spacial score (nSPS) is 20.4. The predicted molar refractivity (Wildman–Crippen MR) is 101 cm³/mol. The fourth-order valence-electron chi connectivity index (χ4n) is 2.87. The van der Waals surface area contributed by atoms with Gasteiger partial charge in [-0.25, -0.2) is 0 Å². The third-order valence-corrected chi connectivity index (χ3v) is 4.82. The first kappa shape index (κ1) is 19.9. The molecule has 1 heterocycles. The second-order valence-electron chi connectivity index (χ2n) is 7.07. The molecule has 2 atom stereocenters. The van der Waals surface area contributed by atoms with Gasteiger partial charge in [0.2, 0.25) is 0 Å². The molecule has 1 aliphatic heterocycles. The summed E-state index contributed by atoms with van der Waals surface area (Å²) in [5.74, 6) is 1.79. The average Bonchev–Trinajstić information content (AvgIpc) is 2.57. The second-order valence-corrected chi connectivity index (χ2v) is 7.48. The van der Waals surface area contributed by atoms with E-state index in [1.165, 1.54) is 0 Å². The SMILES string of the molecule is COc1cc(C(=O)NC2CCNCC2C)cc(Cl)c1OCCC(C)C. The summed E-state index contributed by atoms with van der Waals surface area (Å²) in [6.07, 6.45) is 1.85. The van der Waals surface area contributed by atoms with E-state index in [9.17, 15) is 4.79 Å². The van der Waals surface area contributed by atoms with Crippen LogP contribution in [0.5, 0.6) is 11.5 Å². The van der Waals surface area contributed by atoms with Crippen molar-refractivity contribution in [3.05, 3.63) is 22.7 Å². The van der Waals surface area contributed by atoms with Crippen LogP contribution in [0.25, 0.3) is 0 Å². The molecule has 0 spiro atoms. The van der Waals surface area contributed by atoms with Gasteiger partial charge in [-0.1, -0.05) is 32.4 Å². The lowest BCUT2D eigenvalue weighted by Gasteiger charge is -2.30. The van der Waals surface area contributed by atoms with Crippen molar-refractivity contribution in [1.82, 2.24) is 10.6 Å². The Morgan fingerprint density at radius 1 is 1.44 bits per heavy atom. The van der Waals surface area contributed by atoms with E-state index in [2.05, 4.69) is 31.4 Å². The number of nitrogens with one attached hydrogen (secondary N) is 2. The van der Waals surface area contributed by atoms with Crippen LogP contribution in [0.4, 0.5) is 0 Å². The molecule has 2 unspecified atom stereocenters. The zero-order valence-corrected chi connectivity index (χ0v) is 16.3. The Morgan fingerprint density at radius 2 is 2.20 bits per heavy atom. The fraction of sp³-hybridized carbons (Fsp3) is 0.632. The van der Waals surface area contributed by atoms with Crippen LogP contribution >= 0.6 is 11.6 Å². The third-order valence-electron chi connectivity index (χ3n) is 4.54. The Hall–Kier alpha value is -1.46. The minimum Gasteiger partial charge on any atom is -0.493 e. The van der Waals surface area contributed by atoms with Crippen molar-refractivity contribution in [3.8, 4) is 11.5 Å². The van der Waals surface area contributed by atoms with Crippen molar-refractivity contribution < 1.29 is 14.3 Å². The molecule has 1 amide bonds. The van der Waals surface area contributed by atoms with Crippen LogP contribution in [-0.2, 0) is 0 Å². The van der Waals surface area contributed by atoms with Gasteiger partial charge in [-0.05, 0) is 49.9 Å². The summed E-state index contributed by atoms with van der Waals surface area (Å²) in [4.78, 5) is 12.6. The number of halogens is 1. The Labute approximate surface area is 155 Å². The molecular weight excluding hydrogens is 340 g/mol. The summed E-state index contributed by atoms with van der Waals surface area (Å²) < 4.78 is 11.2. The molecular formula is C19H29ClN2O3. The van der Waals surface area contributed by atoms with Crippen molar-refractivity contribution >= 4 is 17.5 Å². The first-order chi connectivity index (χ1) is 11.9. The standard InChI is InChI=1S/C19H29ClN2O3/c1-12(2)6-8-25-18-15(20)9-14(10-17(18)24-4)19(23)22-16-5-7-21-11-13(16)3/h9-10,12-13,16,21H,5-8,11H2,1-4H3,(H,22,23). The minimum atomic E-state index is -0.132. The number of methoxy groups -OCH3 is 1. The molecule has 0 aromatic heterocycles. The van der Waals surface area contributed by atoms with Crippen molar-refractivity contribution in [2.24, 2.45) is 11.8 Å². The number of carbonyl (C=O) groups is 1. The predicted octanol–water partition coefficient (Wildman–Crippen LogP) is 3.50. The van der Waals surface area contributed by atoms with E-state index in [1.807, 2.05) is 0 Å². The molecule has 0 radical (unpaired) electrons. The Kier molecular flexibility index (Phi) is 7.38. The summed E-state index contributed by atoms with van der Waals surface area (Å²) in [5.41, 5.74) is 0.490. The topological polar surface area (TPSA) is 59.6 Å². The van der Waals surface area contributed by atoms with E-state index in [0.29, 0.717) is 40.5 Å². The molecule has 1 aromatic carbocycles. The molecule has 1 aromatic rings. The van der Waals surface area contributed by atoms with E-state index in [1.54, 1.807) is 19.2 Å². The lowest BCUT2D eigenvalue weighted by Crippen LogP contribution is -2.48. The molecule has 5 nitrogen and oxygen atoms in total. The molecule has 1 aliphatic rings. The van der Waals surface area contributed by atoms with Gasteiger partial charge in [0, 0.05) is 11.6 Å².